The molecule has 0 atom stereocenters. The molecule has 0 radical (unpaired) electrons. The number of hydrogen-bond donors (Lipinski definition) is 3. The Morgan fingerprint density at radius 3 is 2.70 bits per heavy atom. The molecule has 3 N–H and O–H groups in total. The normalized spacial score (nSPS) is 15.6. The molecule has 1 saturated carbocycles. The molecular formula is C17H19N5O. The summed E-state index contributed by atoms with van der Waals surface area (Å²) in [4.78, 5) is 4.30. The van der Waals surface area contributed by atoms with Crippen LogP contribution in [-0.4, -0.2) is 27.6 Å². The number of anilines is 1. The SMILES string of the molecule is N#Cc1c(NC2CCCCC2)n[nH]c1/N=C/c1ccc(O)cc1. The first-order valence-electron chi connectivity index (χ1n) is 7.84. The van der Waals surface area contributed by atoms with Crippen LogP contribution < -0.4 is 5.32 Å². The molecule has 6 heteroatoms. The molecule has 0 aliphatic heterocycles. The number of hydrogen-bond acceptors (Lipinski definition) is 5. The number of aromatic amines is 1. The first-order valence-corrected chi connectivity index (χ1v) is 7.84. The van der Waals surface area contributed by atoms with Crippen LogP contribution in [0.15, 0.2) is 29.3 Å². The summed E-state index contributed by atoms with van der Waals surface area (Å²) in [6.45, 7) is 0. The standard InChI is InChI=1S/C17H19N5O/c18-10-15-16(19-11-12-6-8-14(23)9-7-12)21-22-17(15)20-13-4-2-1-3-5-13/h6-9,11,13,23H,1-5H2,(H2,20,21,22)/b19-11+. The summed E-state index contributed by atoms with van der Waals surface area (Å²) in [5, 5.41) is 29.0. The van der Waals surface area contributed by atoms with Crippen LogP contribution in [0.5, 0.6) is 5.75 Å². The lowest BCUT2D eigenvalue weighted by molar-refractivity contribution is 0.462. The van der Waals surface area contributed by atoms with E-state index >= 15 is 0 Å². The van der Waals surface area contributed by atoms with Gasteiger partial charge in [0, 0.05) is 12.3 Å². The summed E-state index contributed by atoms with van der Waals surface area (Å²) in [6.07, 6.45) is 7.59. The van der Waals surface area contributed by atoms with E-state index in [9.17, 15) is 10.4 Å². The fraction of sp³-hybridized carbons (Fsp3) is 0.353. The quantitative estimate of drug-likeness (QED) is 0.753. The highest BCUT2D eigenvalue weighted by Gasteiger charge is 2.18. The Morgan fingerprint density at radius 1 is 1.26 bits per heavy atom. The van der Waals surface area contributed by atoms with Crippen LogP contribution in [0.25, 0.3) is 0 Å². The summed E-state index contributed by atoms with van der Waals surface area (Å²) in [7, 11) is 0. The van der Waals surface area contributed by atoms with E-state index in [1.165, 1.54) is 19.3 Å². The third-order valence-electron chi connectivity index (χ3n) is 4.04. The number of phenols is 1. The summed E-state index contributed by atoms with van der Waals surface area (Å²) in [6, 6.07) is 9.24. The van der Waals surface area contributed by atoms with E-state index in [4.69, 9.17) is 0 Å². The van der Waals surface area contributed by atoms with Gasteiger partial charge in [0.25, 0.3) is 0 Å². The second kappa shape index (κ2) is 6.97. The van der Waals surface area contributed by atoms with E-state index in [1.54, 1.807) is 30.5 Å². The van der Waals surface area contributed by atoms with Crippen LogP contribution in [0, 0.1) is 11.3 Å². The number of nitrogens with zero attached hydrogens (tertiary/aromatic N) is 3. The van der Waals surface area contributed by atoms with Gasteiger partial charge in [0.2, 0.25) is 0 Å². The maximum atomic E-state index is 9.39. The number of phenolic OH excluding ortho intramolecular Hbond substituents is 1. The van der Waals surface area contributed by atoms with E-state index in [0.717, 1.165) is 18.4 Å². The fourth-order valence-corrected chi connectivity index (χ4v) is 2.78. The molecule has 2 aromatic rings. The van der Waals surface area contributed by atoms with E-state index in [1.807, 2.05) is 0 Å². The van der Waals surface area contributed by atoms with Crippen molar-refractivity contribution >= 4 is 17.9 Å². The van der Waals surface area contributed by atoms with Crippen molar-refractivity contribution < 1.29 is 5.11 Å². The summed E-state index contributed by atoms with van der Waals surface area (Å²) in [5.74, 6) is 1.23. The van der Waals surface area contributed by atoms with Gasteiger partial charge in [-0.05, 0) is 42.7 Å². The smallest absolute Gasteiger partial charge is 0.168 e. The number of H-pyrrole nitrogens is 1. The Balaban J connectivity index is 1.75. The average molecular weight is 309 g/mol. The molecule has 1 aromatic carbocycles. The zero-order valence-corrected chi connectivity index (χ0v) is 12.8. The lowest BCUT2D eigenvalue weighted by atomic mass is 9.95. The van der Waals surface area contributed by atoms with Crippen LogP contribution in [0.4, 0.5) is 11.6 Å². The Morgan fingerprint density at radius 2 is 2.00 bits per heavy atom. The van der Waals surface area contributed by atoms with Gasteiger partial charge in [-0.25, -0.2) is 4.99 Å². The Bertz CT molecular complexity index is 720. The van der Waals surface area contributed by atoms with Crippen LogP contribution in [0.3, 0.4) is 0 Å². The zero-order valence-electron chi connectivity index (χ0n) is 12.8. The molecule has 0 bridgehead atoms. The van der Waals surface area contributed by atoms with E-state index in [2.05, 4.69) is 26.6 Å². The van der Waals surface area contributed by atoms with Crippen molar-refractivity contribution in [2.45, 2.75) is 38.1 Å². The van der Waals surface area contributed by atoms with Gasteiger partial charge in [-0.3, -0.25) is 5.10 Å². The van der Waals surface area contributed by atoms with Crippen molar-refractivity contribution in [3.8, 4) is 11.8 Å². The van der Waals surface area contributed by atoms with Crippen molar-refractivity contribution in [2.24, 2.45) is 4.99 Å². The van der Waals surface area contributed by atoms with Crippen LogP contribution >= 0.6 is 0 Å². The third kappa shape index (κ3) is 3.69. The van der Waals surface area contributed by atoms with Gasteiger partial charge in [-0.15, -0.1) is 0 Å². The van der Waals surface area contributed by atoms with Crippen molar-refractivity contribution in [1.82, 2.24) is 10.2 Å². The summed E-state index contributed by atoms with van der Waals surface area (Å²) in [5.41, 5.74) is 1.27. The van der Waals surface area contributed by atoms with E-state index < -0.39 is 0 Å². The molecule has 1 fully saturated rings. The summed E-state index contributed by atoms with van der Waals surface area (Å²) < 4.78 is 0. The molecule has 3 rings (SSSR count). The van der Waals surface area contributed by atoms with Gasteiger partial charge >= 0.3 is 0 Å². The second-order valence-electron chi connectivity index (χ2n) is 5.74. The molecule has 1 aromatic heterocycles. The van der Waals surface area contributed by atoms with Crippen LogP contribution in [0.2, 0.25) is 0 Å². The lowest BCUT2D eigenvalue weighted by Crippen LogP contribution is -2.22. The van der Waals surface area contributed by atoms with Crippen molar-refractivity contribution in [3.63, 3.8) is 0 Å². The Kier molecular flexibility index (Phi) is 4.57. The number of rotatable bonds is 4. The predicted octanol–water partition coefficient (Wildman–Crippen LogP) is 3.48. The number of benzene rings is 1. The maximum Gasteiger partial charge on any atom is 0.168 e. The van der Waals surface area contributed by atoms with Crippen molar-refractivity contribution in [3.05, 3.63) is 35.4 Å². The van der Waals surface area contributed by atoms with Gasteiger partial charge in [0.05, 0.1) is 0 Å². The number of aliphatic imine (C=N–C) groups is 1. The molecule has 0 unspecified atom stereocenters. The predicted molar refractivity (Wildman–Crippen MR) is 89.2 cm³/mol. The van der Waals surface area contributed by atoms with Crippen molar-refractivity contribution in [2.75, 3.05) is 5.32 Å². The van der Waals surface area contributed by atoms with Gasteiger partial charge in [0.1, 0.15) is 17.4 Å². The third-order valence-corrected chi connectivity index (χ3v) is 4.04. The van der Waals surface area contributed by atoms with Crippen LogP contribution in [0.1, 0.15) is 43.2 Å². The highest BCUT2D eigenvalue weighted by Crippen LogP contribution is 2.26. The molecule has 1 heterocycles. The molecule has 0 spiro atoms. The molecular weight excluding hydrogens is 290 g/mol. The fourth-order valence-electron chi connectivity index (χ4n) is 2.78. The lowest BCUT2D eigenvalue weighted by Gasteiger charge is -2.22. The van der Waals surface area contributed by atoms with E-state index in [0.29, 0.717) is 23.2 Å². The number of nitriles is 1. The molecule has 0 saturated heterocycles. The Hall–Kier alpha value is -2.81. The van der Waals surface area contributed by atoms with E-state index in [-0.39, 0.29) is 5.75 Å². The van der Waals surface area contributed by atoms with Gasteiger partial charge in [-0.1, -0.05) is 19.3 Å². The maximum absolute atomic E-state index is 9.39. The molecule has 0 amide bonds. The Labute approximate surface area is 134 Å². The molecule has 118 valence electrons. The first-order chi connectivity index (χ1) is 11.3. The number of aromatic nitrogens is 2. The zero-order chi connectivity index (χ0) is 16.1. The molecule has 1 aliphatic carbocycles. The van der Waals surface area contributed by atoms with Gasteiger partial charge < -0.3 is 10.4 Å². The summed E-state index contributed by atoms with van der Waals surface area (Å²) >= 11 is 0. The highest BCUT2D eigenvalue weighted by atomic mass is 16.3. The van der Waals surface area contributed by atoms with Crippen LogP contribution in [-0.2, 0) is 0 Å². The minimum atomic E-state index is 0.209. The highest BCUT2D eigenvalue weighted by molar-refractivity contribution is 5.83. The number of nitrogens with one attached hydrogen (secondary N) is 2. The first kappa shape index (κ1) is 15.1. The van der Waals surface area contributed by atoms with Gasteiger partial charge in [-0.2, -0.15) is 10.4 Å². The molecule has 6 nitrogen and oxygen atoms in total. The molecule has 1 aliphatic rings. The minimum Gasteiger partial charge on any atom is -0.508 e. The topological polar surface area (TPSA) is 97.1 Å². The second-order valence-corrected chi connectivity index (χ2v) is 5.74. The average Bonchev–Trinajstić information content (AvgIpc) is 2.97. The molecule has 23 heavy (non-hydrogen) atoms. The minimum absolute atomic E-state index is 0.209. The number of aromatic hydroxyl groups is 1. The van der Waals surface area contributed by atoms with Crippen molar-refractivity contribution in [1.29, 1.82) is 5.26 Å². The monoisotopic (exact) mass is 309 g/mol. The van der Waals surface area contributed by atoms with Gasteiger partial charge in [0.15, 0.2) is 11.6 Å². The largest absolute Gasteiger partial charge is 0.508 e.